The number of nitrogens with zero attached hydrogens (tertiary/aromatic N) is 1. The van der Waals surface area contributed by atoms with Crippen molar-refractivity contribution >= 4 is 17.7 Å². The Morgan fingerprint density at radius 1 is 1.19 bits per heavy atom. The molecular formula is C21H19F3N2O4S. The summed E-state index contributed by atoms with van der Waals surface area (Å²) in [5.41, 5.74) is 1.48. The van der Waals surface area contributed by atoms with Crippen LogP contribution >= 0.6 is 11.8 Å². The van der Waals surface area contributed by atoms with Crippen LogP contribution in [-0.4, -0.2) is 36.9 Å². The fourth-order valence-electron chi connectivity index (χ4n) is 2.66. The number of methoxy groups -OCH3 is 1. The third-order valence-corrected chi connectivity index (χ3v) is 4.96. The number of benzene rings is 2. The maximum atomic E-state index is 13.0. The average Bonchev–Trinajstić information content (AvgIpc) is 3.22. The van der Waals surface area contributed by atoms with Crippen LogP contribution in [0.1, 0.15) is 5.56 Å². The maximum Gasteiger partial charge on any atom is 0.387 e. The topological polar surface area (TPSA) is 73.6 Å². The van der Waals surface area contributed by atoms with Crippen molar-refractivity contribution in [3.05, 3.63) is 60.0 Å². The molecule has 0 saturated heterocycles. The number of hydrogen-bond acceptors (Lipinski definition) is 6. The molecule has 10 heteroatoms. The first-order valence-electron chi connectivity index (χ1n) is 9.17. The fourth-order valence-corrected chi connectivity index (χ4v) is 3.29. The fraction of sp³-hybridized carbons (Fsp3) is 0.238. The first-order chi connectivity index (χ1) is 14.9. The number of halogens is 3. The summed E-state index contributed by atoms with van der Waals surface area (Å²) >= 11 is 1.14. The average molecular weight is 452 g/mol. The van der Waals surface area contributed by atoms with Gasteiger partial charge in [-0.05, 0) is 48.4 Å². The van der Waals surface area contributed by atoms with Gasteiger partial charge < -0.3 is 19.2 Å². The van der Waals surface area contributed by atoms with Crippen molar-refractivity contribution < 1.29 is 31.9 Å². The van der Waals surface area contributed by atoms with Crippen molar-refractivity contribution in [3.8, 4) is 22.8 Å². The Labute approximate surface area is 180 Å². The molecule has 1 heterocycles. The van der Waals surface area contributed by atoms with Gasteiger partial charge in [0, 0.05) is 12.1 Å². The van der Waals surface area contributed by atoms with Crippen molar-refractivity contribution in [1.82, 2.24) is 10.3 Å². The van der Waals surface area contributed by atoms with Crippen LogP contribution in [-0.2, 0) is 11.2 Å². The summed E-state index contributed by atoms with van der Waals surface area (Å²) in [5.74, 6) is 0.180. The summed E-state index contributed by atoms with van der Waals surface area (Å²) in [7, 11) is 1.36. The van der Waals surface area contributed by atoms with Gasteiger partial charge in [0.15, 0.2) is 17.3 Å². The third kappa shape index (κ3) is 6.68. The van der Waals surface area contributed by atoms with Gasteiger partial charge in [0.05, 0.1) is 19.1 Å². The minimum absolute atomic E-state index is 0.0485. The molecule has 0 saturated carbocycles. The highest BCUT2D eigenvalue weighted by Gasteiger charge is 2.12. The van der Waals surface area contributed by atoms with E-state index in [1.54, 1.807) is 24.3 Å². The van der Waals surface area contributed by atoms with Crippen LogP contribution in [0.25, 0.3) is 11.3 Å². The molecule has 0 atom stereocenters. The Hall–Kier alpha value is -3.14. The molecule has 164 valence electrons. The van der Waals surface area contributed by atoms with Gasteiger partial charge >= 0.3 is 6.61 Å². The zero-order valence-electron chi connectivity index (χ0n) is 16.4. The van der Waals surface area contributed by atoms with E-state index in [4.69, 9.17) is 9.15 Å². The molecule has 0 aliphatic heterocycles. The second-order valence-corrected chi connectivity index (χ2v) is 7.18. The number of thioether (sulfide) groups is 1. The minimum Gasteiger partial charge on any atom is -0.493 e. The lowest BCUT2D eigenvalue weighted by molar-refractivity contribution is -0.118. The largest absolute Gasteiger partial charge is 0.493 e. The number of hydrogen-bond donors (Lipinski definition) is 1. The van der Waals surface area contributed by atoms with Gasteiger partial charge in [-0.2, -0.15) is 8.78 Å². The lowest BCUT2D eigenvalue weighted by Crippen LogP contribution is -2.27. The molecule has 1 aromatic heterocycles. The van der Waals surface area contributed by atoms with Crippen molar-refractivity contribution in [3.63, 3.8) is 0 Å². The van der Waals surface area contributed by atoms with Gasteiger partial charge in [-0.15, -0.1) is 0 Å². The molecule has 6 nitrogen and oxygen atoms in total. The van der Waals surface area contributed by atoms with Crippen molar-refractivity contribution in [1.29, 1.82) is 0 Å². The Kier molecular flexibility index (Phi) is 7.82. The monoisotopic (exact) mass is 452 g/mol. The van der Waals surface area contributed by atoms with Crippen molar-refractivity contribution in [2.45, 2.75) is 18.3 Å². The van der Waals surface area contributed by atoms with Crippen LogP contribution in [0, 0.1) is 5.82 Å². The van der Waals surface area contributed by atoms with Crippen LogP contribution < -0.4 is 14.8 Å². The molecule has 1 N–H and O–H groups in total. The number of rotatable bonds is 10. The Bertz CT molecular complexity index is 1010. The highest BCUT2D eigenvalue weighted by molar-refractivity contribution is 7.99. The zero-order chi connectivity index (χ0) is 22.2. The lowest BCUT2D eigenvalue weighted by atomic mass is 10.1. The van der Waals surface area contributed by atoms with Gasteiger partial charge in [0.25, 0.3) is 5.22 Å². The summed E-state index contributed by atoms with van der Waals surface area (Å²) in [6, 6.07) is 10.4. The van der Waals surface area contributed by atoms with Crippen LogP contribution in [0.3, 0.4) is 0 Å². The van der Waals surface area contributed by atoms with Gasteiger partial charge in [-0.25, -0.2) is 9.37 Å². The van der Waals surface area contributed by atoms with Gasteiger partial charge in [-0.1, -0.05) is 17.8 Å². The number of carbonyl (C=O) groups is 1. The second kappa shape index (κ2) is 10.8. The quantitative estimate of drug-likeness (QED) is 0.456. The molecule has 0 aliphatic carbocycles. The molecule has 2 aromatic carbocycles. The maximum absolute atomic E-state index is 13.0. The van der Waals surface area contributed by atoms with E-state index in [-0.39, 0.29) is 29.0 Å². The van der Waals surface area contributed by atoms with E-state index in [2.05, 4.69) is 15.0 Å². The highest BCUT2D eigenvalue weighted by atomic mass is 32.2. The number of ether oxygens (including phenoxy) is 2. The Balaban J connectivity index is 1.44. The van der Waals surface area contributed by atoms with E-state index in [0.29, 0.717) is 29.5 Å². The molecule has 0 unspecified atom stereocenters. The molecule has 3 rings (SSSR count). The molecule has 3 aromatic rings. The van der Waals surface area contributed by atoms with E-state index < -0.39 is 6.61 Å². The Morgan fingerprint density at radius 3 is 2.68 bits per heavy atom. The van der Waals surface area contributed by atoms with Crippen molar-refractivity contribution in [2.75, 3.05) is 19.4 Å². The first kappa shape index (κ1) is 22.5. The van der Waals surface area contributed by atoms with Crippen molar-refractivity contribution in [2.24, 2.45) is 0 Å². The standard InChI is InChI=1S/C21H19F3N2O4S/c1-28-17-10-13(2-7-16(17)29-20(23)24)8-9-25-19(27)12-31-21-26-11-18(30-21)14-3-5-15(22)6-4-14/h2-7,10-11,20H,8-9,12H2,1H3,(H,25,27). The molecule has 1 amide bonds. The molecule has 0 spiro atoms. The summed E-state index contributed by atoms with van der Waals surface area (Å²) in [5, 5.41) is 3.10. The number of alkyl halides is 2. The van der Waals surface area contributed by atoms with Gasteiger partial charge in [-0.3, -0.25) is 4.79 Å². The van der Waals surface area contributed by atoms with Crippen LogP contribution in [0.15, 0.2) is 58.3 Å². The first-order valence-corrected chi connectivity index (χ1v) is 10.2. The molecule has 31 heavy (non-hydrogen) atoms. The minimum atomic E-state index is -2.94. The zero-order valence-corrected chi connectivity index (χ0v) is 17.3. The number of nitrogens with one attached hydrogen (secondary N) is 1. The Morgan fingerprint density at radius 2 is 1.97 bits per heavy atom. The molecule has 0 radical (unpaired) electrons. The van der Waals surface area contributed by atoms with Crippen LogP contribution in [0.2, 0.25) is 0 Å². The van der Waals surface area contributed by atoms with Crippen LogP contribution in [0.4, 0.5) is 13.2 Å². The molecular weight excluding hydrogens is 433 g/mol. The number of oxazole rings is 1. The summed E-state index contributed by atoms with van der Waals surface area (Å²) in [6.07, 6.45) is 2.00. The predicted molar refractivity (Wildman–Crippen MR) is 109 cm³/mol. The number of amides is 1. The van der Waals surface area contributed by atoms with E-state index in [1.807, 2.05) is 0 Å². The molecule has 0 fully saturated rings. The van der Waals surface area contributed by atoms with E-state index in [0.717, 1.165) is 17.3 Å². The second-order valence-electron chi connectivity index (χ2n) is 6.25. The number of aromatic nitrogens is 1. The highest BCUT2D eigenvalue weighted by Crippen LogP contribution is 2.29. The normalized spacial score (nSPS) is 10.9. The summed E-state index contributed by atoms with van der Waals surface area (Å²) in [4.78, 5) is 16.2. The molecule has 0 aliphatic rings. The van der Waals surface area contributed by atoms with E-state index in [1.165, 1.54) is 31.5 Å². The predicted octanol–water partition coefficient (Wildman–Crippen LogP) is 4.54. The number of carbonyl (C=O) groups excluding carboxylic acids is 1. The van der Waals surface area contributed by atoms with Gasteiger partial charge in [0.2, 0.25) is 5.91 Å². The van der Waals surface area contributed by atoms with Crippen LogP contribution in [0.5, 0.6) is 11.5 Å². The third-order valence-electron chi connectivity index (χ3n) is 4.12. The lowest BCUT2D eigenvalue weighted by Gasteiger charge is -2.11. The smallest absolute Gasteiger partial charge is 0.387 e. The molecule has 0 bridgehead atoms. The summed E-state index contributed by atoms with van der Waals surface area (Å²) in [6.45, 7) is -2.59. The van der Waals surface area contributed by atoms with E-state index in [9.17, 15) is 18.0 Å². The van der Waals surface area contributed by atoms with E-state index >= 15 is 0 Å². The summed E-state index contributed by atoms with van der Waals surface area (Å²) < 4.78 is 52.7. The van der Waals surface area contributed by atoms with Gasteiger partial charge in [0.1, 0.15) is 5.82 Å². The SMILES string of the molecule is COc1cc(CCNC(=O)CSc2ncc(-c3ccc(F)cc3)o2)ccc1OC(F)F.